The van der Waals surface area contributed by atoms with Gasteiger partial charge in [-0.1, -0.05) is 42.5 Å². The summed E-state index contributed by atoms with van der Waals surface area (Å²) < 4.78 is 5.33. The Morgan fingerprint density at radius 3 is 2.38 bits per heavy atom. The van der Waals surface area contributed by atoms with Crippen LogP contribution in [0.15, 0.2) is 63.8 Å². The summed E-state index contributed by atoms with van der Waals surface area (Å²) in [4.78, 5) is 24.1. The number of para-hydroxylation sites is 1. The van der Waals surface area contributed by atoms with E-state index in [0.29, 0.717) is 11.0 Å². The van der Waals surface area contributed by atoms with E-state index >= 15 is 0 Å². The third-order valence-electron chi connectivity index (χ3n) is 3.86. The number of hydrogen-bond acceptors (Lipinski definition) is 4. The zero-order valence-electron chi connectivity index (χ0n) is 13.2. The number of ketones is 1. The Balaban J connectivity index is 0.00000208. The van der Waals surface area contributed by atoms with E-state index in [9.17, 15) is 14.7 Å². The predicted molar refractivity (Wildman–Crippen MR) is 87.7 cm³/mol. The van der Waals surface area contributed by atoms with Crippen LogP contribution in [-0.4, -0.2) is 10.9 Å². The molecule has 0 aliphatic rings. The van der Waals surface area contributed by atoms with E-state index in [2.05, 4.69) is 0 Å². The zero-order chi connectivity index (χ0) is 16.4. The summed E-state index contributed by atoms with van der Waals surface area (Å²) in [6.45, 7) is 1.47. The third-order valence-corrected chi connectivity index (χ3v) is 3.86. The first-order chi connectivity index (χ1) is 11.1. The molecule has 0 saturated carbocycles. The van der Waals surface area contributed by atoms with Crippen molar-refractivity contribution in [3.05, 3.63) is 76.1 Å². The molecule has 0 aliphatic heterocycles. The Morgan fingerprint density at radius 1 is 1.08 bits per heavy atom. The molecule has 2 aromatic carbocycles. The van der Waals surface area contributed by atoms with Gasteiger partial charge in [0, 0.05) is 12.3 Å². The maximum absolute atomic E-state index is 12.4. The van der Waals surface area contributed by atoms with Gasteiger partial charge >= 0.3 is 41.2 Å². The largest absolute Gasteiger partial charge is 3.00 e. The Labute approximate surface area is 167 Å². The van der Waals surface area contributed by atoms with Crippen molar-refractivity contribution < 1.29 is 49.9 Å². The number of carbonyl (C=O) groups is 1. The number of rotatable bonds is 4. The van der Waals surface area contributed by atoms with E-state index in [4.69, 9.17) is 4.42 Å². The van der Waals surface area contributed by atoms with Gasteiger partial charge in [-0.2, -0.15) is 0 Å². The number of fused-ring (bicyclic) bond motifs is 1. The molecule has 1 N–H and O–H groups in total. The molecule has 1 unspecified atom stereocenters. The van der Waals surface area contributed by atoms with Gasteiger partial charge in [0.25, 0.3) is 0 Å². The summed E-state index contributed by atoms with van der Waals surface area (Å²) in [5.74, 6) is -0.715. The van der Waals surface area contributed by atoms with Crippen LogP contribution in [0.2, 0.25) is 0 Å². The smallest absolute Gasteiger partial charge is 0.507 e. The van der Waals surface area contributed by atoms with Crippen molar-refractivity contribution in [3.8, 4) is 5.75 Å². The molecular weight excluding hydrogens is 431 g/mol. The predicted octanol–water partition coefficient (Wildman–Crippen LogP) is 3.61. The third kappa shape index (κ3) is 3.69. The Morgan fingerprint density at radius 2 is 1.71 bits per heavy atom. The molecule has 1 heterocycles. The van der Waals surface area contributed by atoms with Crippen LogP contribution in [0.4, 0.5) is 0 Å². The summed E-state index contributed by atoms with van der Waals surface area (Å²) in [6, 6.07) is 16.0. The van der Waals surface area contributed by atoms with E-state index in [1.807, 2.05) is 30.3 Å². The van der Waals surface area contributed by atoms with Crippen LogP contribution in [0, 0.1) is 35.6 Å². The molecule has 4 nitrogen and oxygen atoms in total. The Bertz CT molecular complexity index is 916. The van der Waals surface area contributed by atoms with Gasteiger partial charge in [0.1, 0.15) is 17.1 Å². The van der Waals surface area contributed by atoms with Crippen molar-refractivity contribution in [3.63, 3.8) is 0 Å². The van der Waals surface area contributed by atoms with Crippen molar-refractivity contribution in [2.24, 2.45) is 0 Å². The maximum Gasteiger partial charge on any atom is 3.00 e. The first-order valence-corrected chi connectivity index (χ1v) is 7.37. The van der Waals surface area contributed by atoms with Gasteiger partial charge < -0.3 is 9.52 Å². The van der Waals surface area contributed by atoms with E-state index in [1.165, 1.54) is 6.92 Å². The monoisotopic (exact) mass is 447 g/mol. The number of benzene rings is 2. The summed E-state index contributed by atoms with van der Waals surface area (Å²) >= 11 is 0. The molecule has 1 aromatic heterocycles. The molecule has 3 rings (SSSR count). The average Bonchev–Trinajstić information content (AvgIpc) is 2.54. The van der Waals surface area contributed by atoms with Crippen LogP contribution in [0.1, 0.15) is 30.4 Å². The van der Waals surface area contributed by atoms with Crippen LogP contribution < -0.4 is 5.63 Å². The number of Topliss-reactive ketones (excluding diaryl/α,β-unsaturated/α-hetero) is 1. The maximum atomic E-state index is 12.4. The molecule has 5 heteroatoms. The molecule has 24 heavy (non-hydrogen) atoms. The van der Waals surface area contributed by atoms with Crippen LogP contribution in [0.25, 0.3) is 11.0 Å². The van der Waals surface area contributed by atoms with E-state index < -0.39 is 11.5 Å². The fourth-order valence-corrected chi connectivity index (χ4v) is 2.81. The molecule has 116 valence electrons. The standard InChI is InChI=1S/C19H16O4.La/c1-12(20)11-15(13-7-3-2-4-8-13)17-18(21)14-9-5-6-10-16(14)23-19(17)22;/h2-10,15,21H,11H2,1H3;/q;+3. The summed E-state index contributed by atoms with van der Waals surface area (Å²) in [5, 5.41) is 11.1. The quantitative estimate of drug-likeness (QED) is 0.621. The summed E-state index contributed by atoms with van der Waals surface area (Å²) in [6.07, 6.45) is 0.126. The molecule has 0 bridgehead atoms. The van der Waals surface area contributed by atoms with Crippen LogP contribution >= 0.6 is 0 Å². The second-order valence-electron chi connectivity index (χ2n) is 5.52. The molecule has 0 spiro atoms. The molecule has 0 radical (unpaired) electrons. The molecular formula is C19H16LaO4+3. The fourth-order valence-electron chi connectivity index (χ4n) is 2.81. The van der Waals surface area contributed by atoms with Crippen molar-refractivity contribution in [1.29, 1.82) is 0 Å². The van der Waals surface area contributed by atoms with E-state index in [-0.39, 0.29) is 59.1 Å². The number of carbonyl (C=O) groups excluding carboxylic acids is 1. The minimum absolute atomic E-state index is 0. The molecule has 0 amide bonds. The van der Waals surface area contributed by atoms with Gasteiger partial charge in [0.15, 0.2) is 0 Å². The van der Waals surface area contributed by atoms with Gasteiger partial charge in [0.2, 0.25) is 0 Å². The van der Waals surface area contributed by atoms with Gasteiger partial charge in [0.05, 0.1) is 10.9 Å². The second-order valence-corrected chi connectivity index (χ2v) is 5.52. The van der Waals surface area contributed by atoms with Crippen LogP contribution in [-0.2, 0) is 4.79 Å². The SMILES string of the molecule is CC(=O)CC(c1ccccc1)c1c(O)c2ccccc2oc1=O.[La+3]. The topological polar surface area (TPSA) is 67.5 Å². The van der Waals surface area contributed by atoms with Crippen molar-refractivity contribution in [2.45, 2.75) is 19.3 Å². The first kappa shape index (κ1) is 18.7. The van der Waals surface area contributed by atoms with Gasteiger partial charge in [-0.25, -0.2) is 4.79 Å². The van der Waals surface area contributed by atoms with Crippen molar-refractivity contribution in [2.75, 3.05) is 0 Å². The minimum atomic E-state index is -0.615. The molecule has 3 aromatic rings. The normalized spacial score (nSPS) is 11.7. The second kappa shape index (κ2) is 7.93. The van der Waals surface area contributed by atoms with Crippen molar-refractivity contribution in [1.82, 2.24) is 0 Å². The number of hydrogen-bond donors (Lipinski definition) is 1. The van der Waals surface area contributed by atoms with Crippen LogP contribution in [0.3, 0.4) is 0 Å². The molecule has 0 fully saturated rings. The first-order valence-electron chi connectivity index (χ1n) is 7.37. The number of aromatic hydroxyl groups is 1. The van der Waals surface area contributed by atoms with E-state index in [1.54, 1.807) is 24.3 Å². The zero-order valence-corrected chi connectivity index (χ0v) is 16.9. The fraction of sp³-hybridized carbons (Fsp3) is 0.158. The van der Waals surface area contributed by atoms with Gasteiger partial charge in [-0.05, 0) is 24.6 Å². The Hall–Kier alpha value is -1.69. The molecule has 0 saturated heterocycles. The van der Waals surface area contributed by atoms with Gasteiger partial charge in [-0.15, -0.1) is 0 Å². The Kier molecular flexibility index (Phi) is 6.16. The van der Waals surface area contributed by atoms with E-state index in [0.717, 1.165) is 5.56 Å². The summed E-state index contributed by atoms with van der Waals surface area (Å²) in [7, 11) is 0. The molecule has 0 aliphatic carbocycles. The molecule has 1 atom stereocenters. The van der Waals surface area contributed by atoms with Crippen LogP contribution in [0.5, 0.6) is 5.75 Å². The van der Waals surface area contributed by atoms with Crippen molar-refractivity contribution >= 4 is 16.8 Å². The average molecular weight is 447 g/mol. The van der Waals surface area contributed by atoms with Gasteiger partial charge in [-0.3, -0.25) is 4.79 Å². The minimum Gasteiger partial charge on any atom is -0.507 e. The summed E-state index contributed by atoms with van der Waals surface area (Å²) in [5.41, 5.74) is 0.635.